The van der Waals surface area contributed by atoms with Gasteiger partial charge in [0.15, 0.2) is 0 Å². The minimum Gasteiger partial charge on any atom is -0.314 e. The van der Waals surface area contributed by atoms with Crippen LogP contribution >= 0.6 is 0 Å². The largest absolute Gasteiger partial charge is 0.314 e. The molecule has 4 atom stereocenters. The van der Waals surface area contributed by atoms with Gasteiger partial charge in [0, 0.05) is 6.04 Å². The van der Waals surface area contributed by atoms with Crippen molar-refractivity contribution in [2.75, 3.05) is 6.54 Å². The smallest absolute Gasteiger partial charge is 0.0101 e. The highest BCUT2D eigenvalue weighted by Gasteiger charge is 2.42. The number of allylic oxidation sites excluding steroid dienone is 1. The molecule has 0 aromatic carbocycles. The highest BCUT2D eigenvalue weighted by atomic mass is 14.9. The molecule has 1 heteroatoms. The van der Waals surface area contributed by atoms with Crippen LogP contribution in [0.25, 0.3) is 0 Å². The van der Waals surface area contributed by atoms with E-state index in [0.29, 0.717) is 0 Å². The molecule has 0 amide bonds. The topological polar surface area (TPSA) is 12.0 Å². The number of rotatable bonds is 6. The molecule has 2 saturated carbocycles. The zero-order valence-corrected chi connectivity index (χ0v) is 11.0. The predicted molar refractivity (Wildman–Crippen MR) is 70.5 cm³/mol. The Morgan fingerprint density at radius 1 is 1.38 bits per heavy atom. The second kappa shape index (κ2) is 5.35. The molecule has 1 nitrogen and oxygen atoms in total. The van der Waals surface area contributed by atoms with Crippen LogP contribution in [-0.2, 0) is 0 Å². The Kier molecular flexibility index (Phi) is 4.07. The maximum absolute atomic E-state index is 4.03. The fourth-order valence-corrected chi connectivity index (χ4v) is 3.92. The van der Waals surface area contributed by atoms with Gasteiger partial charge in [0.25, 0.3) is 0 Å². The molecule has 2 aliphatic carbocycles. The third-order valence-electron chi connectivity index (χ3n) is 4.66. The van der Waals surface area contributed by atoms with Crippen molar-refractivity contribution in [2.24, 2.45) is 17.8 Å². The molecule has 0 radical (unpaired) electrons. The van der Waals surface area contributed by atoms with Gasteiger partial charge in [-0.2, -0.15) is 0 Å². The summed E-state index contributed by atoms with van der Waals surface area (Å²) in [6.07, 6.45) is 8.55. The van der Waals surface area contributed by atoms with Crippen molar-refractivity contribution < 1.29 is 0 Å². The minimum atomic E-state index is 0.761. The summed E-state index contributed by atoms with van der Waals surface area (Å²) in [6.45, 7) is 9.55. The van der Waals surface area contributed by atoms with Gasteiger partial charge < -0.3 is 5.32 Å². The van der Waals surface area contributed by atoms with E-state index in [2.05, 4.69) is 25.7 Å². The third kappa shape index (κ3) is 2.68. The summed E-state index contributed by atoms with van der Waals surface area (Å²) in [6, 6.07) is 0.761. The average Bonchev–Trinajstić information content (AvgIpc) is 2.85. The quantitative estimate of drug-likeness (QED) is 0.673. The van der Waals surface area contributed by atoms with Crippen molar-refractivity contribution in [3.8, 4) is 0 Å². The summed E-state index contributed by atoms with van der Waals surface area (Å²) in [5.74, 6) is 3.08. The van der Waals surface area contributed by atoms with Crippen LogP contribution in [0.2, 0.25) is 0 Å². The van der Waals surface area contributed by atoms with Gasteiger partial charge in [-0.1, -0.05) is 18.9 Å². The molecule has 0 spiro atoms. The van der Waals surface area contributed by atoms with E-state index in [1.165, 1.54) is 44.1 Å². The molecule has 2 bridgehead atoms. The van der Waals surface area contributed by atoms with E-state index in [1.807, 2.05) is 0 Å². The van der Waals surface area contributed by atoms with Gasteiger partial charge in [-0.3, -0.25) is 0 Å². The molecule has 1 N–H and O–H groups in total. The molecule has 0 aliphatic heterocycles. The monoisotopic (exact) mass is 221 g/mol. The minimum absolute atomic E-state index is 0.761. The third-order valence-corrected chi connectivity index (χ3v) is 4.66. The Balaban J connectivity index is 1.88. The zero-order chi connectivity index (χ0) is 11.5. The Morgan fingerprint density at radius 3 is 2.69 bits per heavy atom. The van der Waals surface area contributed by atoms with Crippen LogP contribution in [0.4, 0.5) is 0 Å². The van der Waals surface area contributed by atoms with Gasteiger partial charge in [-0.15, -0.1) is 6.58 Å². The number of nitrogens with one attached hydrogen (secondary N) is 1. The molecule has 2 rings (SSSR count). The molecule has 4 unspecified atom stereocenters. The van der Waals surface area contributed by atoms with Crippen molar-refractivity contribution >= 4 is 0 Å². The van der Waals surface area contributed by atoms with E-state index in [4.69, 9.17) is 0 Å². The Morgan fingerprint density at radius 2 is 2.19 bits per heavy atom. The SMILES string of the molecule is C=C(C)CCC(NCC)C1CC2CCC1C2. The first-order valence-corrected chi connectivity index (χ1v) is 7.08. The van der Waals surface area contributed by atoms with Crippen molar-refractivity contribution in [3.05, 3.63) is 12.2 Å². The van der Waals surface area contributed by atoms with Crippen LogP contribution in [-0.4, -0.2) is 12.6 Å². The highest BCUT2D eigenvalue weighted by molar-refractivity contribution is 4.97. The highest BCUT2D eigenvalue weighted by Crippen LogP contribution is 2.50. The van der Waals surface area contributed by atoms with Gasteiger partial charge in [-0.25, -0.2) is 0 Å². The molecule has 92 valence electrons. The van der Waals surface area contributed by atoms with Crippen LogP contribution in [0.3, 0.4) is 0 Å². The summed E-state index contributed by atoms with van der Waals surface area (Å²) in [5.41, 5.74) is 1.34. The van der Waals surface area contributed by atoms with Gasteiger partial charge in [0.1, 0.15) is 0 Å². The molecule has 2 fully saturated rings. The first-order chi connectivity index (χ1) is 7.70. The first-order valence-electron chi connectivity index (χ1n) is 7.08. The summed E-state index contributed by atoms with van der Waals surface area (Å²) in [4.78, 5) is 0. The normalized spacial score (nSPS) is 34.2. The lowest BCUT2D eigenvalue weighted by atomic mass is 9.81. The van der Waals surface area contributed by atoms with E-state index < -0.39 is 0 Å². The fourth-order valence-electron chi connectivity index (χ4n) is 3.92. The van der Waals surface area contributed by atoms with Gasteiger partial charge in [0.05, 0.1) is 0 Å². The van der Waals surface area contributed by atoms with Crippen LogP contribution in [0.1, 0.15) is 52.4 Å². The Bertz CT molecular complexity index is 246. The maximum Gasteiger partial charge on any atom is 0.0101 e. The van der Waals surface area contributed by atoms with Crippen molar-refractivity contribution in [2.45, 2.75) is 58.4 Å². The zero-order valence-electron chi connectivity index (χ0n) is 11.0. The van der Waals surface area contributed by atoms with Gasteiger partial charge >= 0.3 is 0 Å². The lowest BCUT2D eigenvalue weighted by Gasteiger charge is -2.31. The summed E-state index contributed by atoms with van der Waals surface area (Å²) >= 11 is 0. The lowest BCUT2D eigenvalue weighted by molar-refractivity contribution is 0.241. The van der Waals surface area contributed by atoms with E-state index in [1.54, 1.807) is 0 Å². The second-order valence-corrected chi connectivity index (χ2v) is 6.00. The van der Waals surface area contributed by atoms with Crippen molar-refractivity contribution in [1.82, 2.24) is 5.32 Å². The molecule has 2 aliphatic rings. The van der Waals surface area contributed by atoms with Gasteiger partial charge in [0.2, 0.25) is 0 Å². The van der Waals surface area contributed by atoms with Crippen LogP contribution in [0.15, 0.2) is 12.2 Å². The van der Waals surface area contributed by atoms with Crippen LogP contribution < -0.4 is 5.32 Å². The molecular formula is C15H27N. The molecule has 0 aromatic heterocycles. The second-order valence-electron chi connectivity index (χ2n) is 6.00. The molecule has 0 aromatic rings. The van der Waals surface area contributed by atoms with E-state index in [9.17, 15) is 0 Å². The van der Waals surface area contributed by atoms with Crippen LogP contribution in [0, 0.1) is 17.8 Å². The number of hydrogen-bond acceptors (Lipinski definition) is 1. The number of fused-ring (bicyclic) bond motifs is 2. The summed E-state index contributed by atoms with van der Waals surface area (Å²) in [5, 5.41) is 3.72. The maximum atomic E-state index is 4.03. The number of hydrogen-bond donors (Lipinski definition) is 1. The summed E-state index contributed by atoms with van der Waals surface area (Å²) in [7, 11) is 0. The molecular weight excluding hydrogens is 194 g/mol. The fraction of sp³-hybridized carbons (Fsp3) is 0.867. The molecule has 16 heavy (non-hydrogen) atoms. The first kappa shape index (κ1) is 12.2. The Hall–Kier alpha value is -0.300. The van der Waals surface area contributed by atoms with E-state index in [0.717, 1.165) is 30.3 Å². The predicted octanol–water partition coefficient (Wildman–Crippen LogP) is 3.76. The van der Waals surface area contributed by atoms with E-state index in [-0.39, 0.29) is 0 Å². The van der Waals surface area contributed by atoms with Crippen molar-refractivity contribution in [3.63, 3.8) is 0 Å². The summed E-state index contributed by atoms with van der Waals surface area (Å²) < 4.78 is 0. The van der Waals surface area contributed by atoms with Crippen LogP contribution in [0.5, 0.6) is 0 Å². The lowest BCUT2D eigenvalue weighted by Crippen LogP contribution is -2.38. The Labute approximate surface area is 101 Å². The standard InChI is InChI=1S/C15H27N/c1-4-16-15(8-5-11(2)3)14-10-12-6-7-13(14)9-12/h12-16H,2,4-10H2,1,3H3. The van der Waals surface area contributed by atoms with E-state index >= 15 is 0 Å². The molecule has 0 heterocycles. The van der Waals surface area contributed by atoms with Gasteiger partial charge in [-0.05, 0) is 63.3 Å². The van der Waals surface area contributed by atoms with Crippen molar-refractivity contribution in [1.29, 1.82) is 0 Å². The molecule has 0 saturated heterocycles. The average molecular weight is 221 g/mol.